The van der Waals surface area contributed by atoms with Crippen LogP contribution >= 0.6 is 11.8 Å². The monoisotopic (exact) mass is 495 g/mol. The zero-order valence-electron chi connectivity index (χ0n) is 17.8. The summed E-state index contributed by atoms with van der Waals surface area (Å²) in [6, 6.07) is 11.7. The van der Waals surface area contributed by atoms with Gasteiger partial charge in [-0.05, 0) is 23.3 Å². The highest BCUT2D eigenvalue weighted by Crippen LogP contribution is 2.32. The fraction of sp³-hybridized carbons (Fsp3) is 0.190. The third kappa shape index (κ3) is 5.98. The zero-order chi connectivity index (χ0) is 24.7. The number of rotatable bonds is 8. The number of hydrogen-bond donors (Lipinski definition) is 0. The fourth-order valence-electron chi connectivity index (χ4n) is 2.71. The minimum Gasteiger partial charge on any atom is -0.464 e. The predicted molar refractivity (Wildman–Crippen MR) is 116 cm³/mol. The second kappa shape index (κ2) is 10.9. The van der Waals surface area contributed by atoms with Crippen LogP contribution in [0.4, 0.5) is 17.6 Å². The Morgan fingerprint density at radius 3 is 2.47 bits per heavy atom. The van der Waals surface area contributed by atoms with Gasteiger partial charge in [0, 0.05) is 11.3 Å². The van der Waals surface area contributed by atoms with Crippen LogP contribution in [0.2, 0.25) is 0 Å². The molecule has 0 aliphatic carbocycles. The van der Waals surface area contributed by atoms with Crippen molar-refractivity contribution in [3.05, 3.63) is 76.9 Å². The van der Waals surface area contributed by atoms with Gasteiger partial charge in [-0.3, -0.25) is 0 Å². The fourth-order valence-corrected chi connectivity index (χ4v) is 3.60. The molecule has 0 aliphatic heterocycles. The van der Waals surface area contributed by atoms with Crippen molar-refractivity contribution in [1.29, 1.82) is 0 Å². The normalized spacial score (nSPS) is 12.2. The van der Waals surface area contributed by atoms with Gasteiger partial charge in [-0.2, -0.15) is 22.9 Å². The summed E-state index contributed by atoms with van der Waals surface area (Å²) < 4.78 is 58.7. The van der Waals surface area contributed by atoms with Crippen molar-refractivity contribution >= 4 is 29.7 Å². The summed E-state index contributed by atoms with van der Waals surface area (Å²) in [6.07, 6.45) is -3.68. The van der Waals surface area contributed by atoms with E-state index in [9.17, 15) is 22.4 Å². The topological polar surface area (TPSA) is 91.0 Å². The maximum atomic E-state index is 13.4. The van der Waals surface area contributed by atoms with Crippen molar-refractivity contribution in [2.75, 3.05) is 14.2 Å². The third-order valence-electron chi connectivity index (χ3n) is 4.25. The van der Waals surface area contributed by atoms with Crippen molar-refractivity contribution in [3.63, 3.8) is 0 Å². The maximum absolute atomic E-state index is 13.4. The quantitative estimate of drug-likeness (QED) is 0.153. The number of halogens is 4. The summed E-state index contributed by atoms with van der Waals surface area (Å²) >= 11 is 0.911. The van der Waals surface area contributed by atoms with Gasteiger partial charge in [0.25, 0.3) is 5.82 Å². The first-order chi connectivity index (χ1) is 16.2. The van der Waals surface area contributed by atoms with Crippen LogP contribution in [-0.2, 0) is 26.3 Å². The molecule has 0 N–H and O–H groups in total. The molecule has 3 aromatic rings. The lowest BCUT2D eigenvalue weighted by molar-refractivity contribution is -0.147. The predicted octanol–water partition coefficient (Wildman–Crippen LogP) is 4.13. The zero-order valence-corrected chi connectivity index (χ0v) is 18.6. The van der Waals surface area contributed by atoms with Crippen molar-refractivity contribution < 1.29 is 31.9 Å². The van der Waals surface area contributed by atoms with Crippen LogP contribution < -0.4 is 0 Å². The number of carbonyl (C=O) groups excluding carboxylic acids is 1. The van der Waals surface area contributed by atoms with E-state index in [1.807, 2.05) is 0 Å². The minimum absolute atomic E-state index is 0.0952. The number of esters is 1. The Hall–Kier alpha value is -3.74. The van der Waals surface area contributed by atoms with Crippen LogP contribution in [0.25, 0.3) is 0 Å². The number of ether oxygens (including phenoxy) is 1. The molecule has 0 atom stereocenters. The number of methoxy groups -OCH3 is 1. The Kier molecular flexibility index (Phi) is 7.99. The first-order valence-electron chi connectivity index (χ1n) is 9.47. The maximum Gasteiger partial charge on any atom is 0.453 e. The van der Waals surface area contributed by atoms with Crippen molar-refractivity contribution in [1.82, 2.24) is 14.9 Å². The molecule has 0 amide bonds. The Morgan fingerprint density at radius 2 is 1.82 bits per heavy atom. The van der Waals surface area contributed by atoms with Crippen molar-refractivity contribution in [2.45, 2.75) is 17.1 Å². The van der Waals surface area contributed by atoms with Crippen LogP contribution in [0.1, 0.15) is 22.5 Å². The molecule has 0 aliphatic rings. The highest BCUT2D eigenvalue weighted by atomic mass is 32.2. The lowest BCUT2D eigenvalue weighted by Gasteiger charge is -2.10. The van der Waals surface area contributed by atoms with Crippen LogP contribution in [0, 0.1) is 5.82 Å². The Balaban J connectivity index is 1.93. The van der Waals surface area contributed by atoms with E-state index < -0.39 is 23.8 Å². The molecule has 0 bridgehead atoms. The van der Waals surface area contributed by atoms with Gasteiger partial charge in [-0.25, -0.2) is 9.18 Å². The molecule has 13 heteroatoms. The van der Waals surface area contributed by atoms with Crippen LogP contribution in [0.5, 0.6) is 0 Å². The molecule has 0 radical (unpaired) electrons. The molecule has 178 valence electrons. The molecule has 0 fully saturated rings. The largest absolute Gasteiger partial charge is 0.464 e. The van der Waals surface area contributed by atoms with Crippen LogP contribution in [-0.4, -0.2) is 47.0 Å². The van der Waals surface area contributed by atoms with Crippen LogP contribution in [0.15, 0.2) is 63.9 Å². The number of benzene rings is 2. The highest BCUT2D eigenvalue weighted by Gasteiger charge is 2.39. The van der Waals surface area contributed by atoms with Gasteiger partial charge in [0.15, 0.2) is 5.71 Å². The second-order valence-corrected chi connectivity index (χ2v) is 7.41. The number of aromatic nitrogens is 3. The van der Waals surface area contributed by atoms with Gasteiger partial charge in [0.05, 0.1) is 13.3 Å². The van der Waals surface area contributed by atoms with Gasteiger partial charge in [0.2, 0.25) is 5.16 Å². The number of thioether (sulfide) groups is 1. The van der Waals surface area contributed by atoms with Crippen molar-refractivity contribution in [2.24, 2.45) is 10.3 Å². The number of alkyl halides is 3. The summed E-state index contributed by atoms with van der Waals surface area (Å²) in [5, 5.41) is 14.3. The molecule has 1 aromatic heterocycles. The first-order valence-corrected chi connectivity index (χ1v) is 10.5. The second-order valence-electron chi connectivity index (χ2n) is 6.47. The van der Waals surface area contributed by atoms with Crippen molar-refractivity contribution in [3.8, 4) is 0 Å². The lowest BCUT2D eigenvalue weighted by atomic mass is 10.0. The molecule has 34 heavy (non-hydrogen) atoms. The summed E-state index contributed by atoms with van der Waals surface area (Å²) in [6.45, 7) is 0. The van der Waals surface area contributed by atoms with E-state index in [4.69, 9.17) is 9.57 Å². The van der Waals surface area contributed by atoms with E-state index >= 15 is 0 Å². The van der Waals surface area contributed by atoms with Gasteiger partial charge < -0.3 is 9.57 Å². The van der Waals surface area contributed by atoms with E-state index in [1.165, 1.54) is 26.4 Å². The smallest absolute Gasteiger partial charge is 0.453 e. The average Bonchev–Trinajstić information content (AvgIpc) is 3.24. The van der Waals surface area contributed by atoms with Gasteiger partial charge >= 0.3 is 12.1 Å². The SMILES string of the molecule is CO/N=C(/C(=O)OC)c1ccccc1CSc1nnc(C(F)(F)F)n1/N=C/c1ccc(F)cc1. The number of nitrogens with zero attached hydrogens (tertiary/aromatic N) is 5. The van der Waals surface area contributed by atoms with E-state index in [1.54, 1.807) is 24.3 Å². The summed E-state index contributed by atoms with van der Waals surface area (Å²) in [5.41, 5.74) is 1.20. The molecule has 3 rings (SSSR count). The van der Waals surface area contributed by atoms with E-state index in [-0.39, 0.29) is 16.6 Å². The molecule has 0 saturated carbocycles. The highest BCUT2D eigenvalue weighted by molar-refractivity contribution is 7.98. The average molecular weight is 495 g/mol. The van der Waals surface area contributed by atoms with E-state index in [2.05, 4.69) is 20.5 Å². The molecular weight excluding hydrogens is 478 g/mol. The molecule has 8 nitrogen and oxygen atoms in total. The van der Waals surface area contributed by atoms with Gasteiger partial charge in [0.1, 0.15) is 12.9 Å². The van der Waals surface area contributed by atoms with E-state index in [0.29, 0.717) is 21.4 Å². The molecular formula is C21H17F4N5O3S. The minimum atomic E-state index is -4.81. The molecule has 1 heterocycles. The first kappa shape index (κ1) is 24.9. The molecule has 0 saturated heterocycles. The third-order valence-corrected chi connectivity index (χ3v) is 5.22. The number of oxime groups is 1. The van der Waals surface area contributed by atoms with E-state index in [0.717, 1.165) is 30.1 Å². The number of hydrogen-bond acceptors (Lipinski definition) is 8. The lowest BCUT2D eigenvalue weighted by Crippen LogP contribution is -2.19. The summed E-state index contributed by atoms with van der Waals surface area (Å²) in [4.78, 5) is 16.8. The van der Waals surface area contributed by atoms with Gasteiger partial charge in [-0.15, -0.1) is 10.2 Å². The summed E-state index contributed by atoms with van der Waals surface area (Å²) in [7, 11) is 2.45. The molecule has 2 aromatic carbocycles. The molecule has 0 unspecified atom stereocenters. The summed E-state index contributed by atoms with van der Waals surface area (Å²) in [5.74, 6) is -2.46. The van der Waals surface area contributed by atoms with Gasteiger partial charge in [-0.1, -0.05) is 53.3 Å². The Morgan fingerprint density at radius 1 is 1.12 bits per heavy atom. The molecule has 0 spiro atoms. The Labute approximate surface area is 195 Å². The van der Waals surface area contributed by atoms with Crippen LogP contribution in [0.3, 0.4) is 0 Å². The Bertz CT molecular complexity index is 1210. The number of carbonyl (C=O) groups is 1. The standard InChI is InChI=1S/C21H17F4N5O3S/c1-32-18(31)17(29-33-2)16-6-4-3-5-14(16)12-34-20-28-27-19(21(23,24)25)30(20)26-11-13-7-9-15(22)10-8-13/h3-11H,12H2,1-2H3/b26-11+,29-17+.